The van der Waals surface area contributed by atoms with Crippen molar-refractivity contribution in [2.75, 3.05) is 38.1 Å². The van der Waals surface area contributed by atoms with Crippen LogP contribution < -0.4 is 5.32 Å². The fourth-order valence-corrected chi connectivity index (χ4v) is 4.39. The lowest BCUT2D eigenvalue weighted by molar-refractivity contribution is -0.142. The third-order valence-electron chi connectivity index (χ3n) is 5.88. The van der Waals surface area contributed by atoms with Crippen LogP contribution in [0.5, 0.6) is 0 Å². The number of rotatable bonds is 11. The summed E-state index contributed by atoms with van der Waals surface area (Å²) in [6, 6.07) is 9.76. The second-order valence-corrected chi connectivity index (χ2v) is 8.91. The molecule has 10 heteroatoms. The molecule has 8 nitrogen and oxygen atoms in total. The minimum absolute atomic E-state index is 0.193. The van der Waals surface area contributed by atoms with Crippen LogP contribution in [0.3, 0.4) is 0 Å². The second-order valence-electron chi connectivity index (χ2n) is 8.42. The van der Waals surface area contributed by atoms with Crippen molar-refractivity contribution in [1.29, 1.82) is 0 Å². The van der Waals surface area contributed by atoms with E-state index in [9.17, 15) is 18.8 Å². The van der Waals surface area contributed by atoms with Gasteiger partial charge in [-0.15, -0.1) is 12.6 Å². The minimum Gasteiger partial charge on any atom is -0.466 e. The summed E-state index contributed by atoms with van der Waals surface area (Å²) in [5.41, 5.74) is 2.10. The highest BCUT2D eigenvalue weighted by Gasteiger charge is 2.28. The van der Waals surface area contributed by atoms with Crippen molar-refractivity contribution in [3.05, 3.63) is 88.7 Å². The van der Waals surface area contributed by atoms with Crippen molar-refractivity contribution < 1.29 is 23.5 Å². The fraction of sp³-hybridized carbons (Fsp3) is 0.286. The molecule has 0 spiro atoms. The Kier molecular flexibility index (Phi) is 10.7. The standard InChI is InChI=1S/C28H31FN4O4S/c1-3-7-24(38)28(36)33-14-12-32(13-15-33)26(21(19-34)17-25(35)37-4-2)23-10-6-11-30-27(23)31-18-20-8-5-9-22(29)16-20/h3,5-11,16,19,38H,1,4,12-15,17-18H2,2H3,(H,30,31)/b24-7-,26-21+. The van der Waals surface area contributed by atoms with E-state index in [4.69, 9.17) is 4.74 Å². The van der Waals surface area contributed by atoms with E-state index >= 15 is 0 Å². The molecule has 1 aliphatic rings. The highest BCUT2D eigenvalue weighted by molar-refractivity contribution is 7.85. The molecule has 2 aromatic rings. The van der Waals surface area contributed by atoms with Crippen LogP contribution in [-0.4, -0.2) is 65.7 Å². The molecular formula is C28H31FN4O4S. The lowest BCUT2D eigenvalue weighted by Crippen LogP contribution is -2.48. The number of hydrogen-bond donors (Lipinski definition) is 2. The molecule has 2 heterocycles. The Morgan fingerprint density at radius 3 is 2.58 bits per heavy atom. The molecule has 1 amide bonds. The van der Waals surface area contributed by atoms with Gasteiger partial charge in [-0.1, -0.05) is 24.8 Å². The normalized spacial score (nSPS) is 14.4. The van der Waals surface area contributed by atoms with Gasteiger partial charge >= 0.3 is 5.97 Å². The van der Waals surface area contributed by atoms with E-state index in [1.165, 1.54) is 18.2 Å². The number of hydrogen-bond acceptors (Lipinski definition) is 8. The lowest BCUT2D eigenvalue weighted by atomic mass is 10.0. The van der Waals surface area contributed by atoms with Crippen LogP contribution in [0.15, 0.2) is 71.8 Å². The maximum Gasteiger partial charge on any atom is 0.310 e. The number of pyridine rings is 1. The van der Waals surface area contributed by atoms with Crippen molar-refractivity contribution in [2.45, 2.75) is 19.9 Å². The number of halogens is 1. The van der Waals surface area contributed by atoms with Crippen molar-refractivity contribution in [1.82, 2.24) is 14.8 Å². The highest BCUT2D eigenvalue weighted by Crippen LogP contribution is 2.31. The quantitative estimate of drug-likeness (QED) is 0.148. The van der Waals surface area contributed by atoms with Gasteiger partial charge in [-0.2, -0.15) is 0 Å². The minimum atomic E-state index is -0.520. The molecule has 0 unspecified atom stereocenters. The second kappa shape index (κ2) is 14.1. The predicted molar refractivity (Wildman–Crippen MR) is 148 cm³/mol. The summed E-state index contributed by atoms with van der Waals surface area (Å²) in [6.45, 7) is 7.38. The number of piperazine rings is 1. The van der Waals surface area contributed by atoms with Gasteiger partial charge in [0.15, 0.2) is 0 Å². The van der Waals surface area contributed by atoms with E-state index in [2.05, 4.69) is 29.5 Å². The number of esters is 1. The Hall–Kier alpha value is -3.92. The molecule has 0 bridgehead atoms. The Morgan fingerprint density at radius 1 is 1.18 bits per heavy atom. The Labute approximate surface area is 227 Å². The number of anilines is 1. The van der Waals surface area contributed by atoms with E-state index in [0.717, 1.165) is 5.56 Å². The van der Waals surface area contributed by atoms with E-state index < -0.39 is 5.97 Å². The summed E-state index contributed by atoms with van der Waals surface area (Å²) >= 11 is 4.25. The number of allylic oxidation sites excluding steroid dienone is 2. The molecule has 1 aromatic carbocycles. The van der Waals surface area contributed by atoms with E-state index in [1.807, 2.05) is 4.90 Å². The van der Waals surface area contributed by atoms with Gasteiger partial charge in [-0.3, -0.25) is 14.4 Å². The molecule has 0 saturated carbocycles. The first-order valence-corrected chi connectivity index (χ1v) is 12.7. The van der Waals surface area contributed by atoms with Gasteiger partial charge in [0.2, 0.25) is 0 Å². The topological polar surface area (TPSA) is 91.8 Å². The first kappa shape index (κ1) is 28.6. The van der Waals surface area contributed by atoms with Crippen molar-refractivity contribution in [2.24, 2.45) is 0 Å². The molecule has 3 rings (SSSR count). The third-order valence-corrected chi connectivity index (χ3v) is 6.22. The van der Waals surface area contributed by atoms with Crippen molar-refractivity contribution in [3.8, 4) is 0 Å². The zero-order valence-corrected chi connectivity index (χ0v) is 22.1. The summed E-state index contributed by atoms with van der Waals surface area (Å²) in [6.07, 6.45) is 5.10. The maximum absolute atomic E-state index is 13.7. The van der Waals surface area contributed by atoms with E-state index in [-0.39, 0.29) is 35.2 Å². The molecule has 1 aromatic heterocycles. The van der Waals surface area contributed by atoms with Gasteiger partial charge in [-0.25, -0.2) is 9.37 Å². The Balaban J connectivity index is 1.94. The molecule has 1 saturated heterocycles. The summed E-state index contributed by atoms with van der Waals surface area (Å²) in [4.78, 5) is 45.7. The van der Waals surface area contributed by atoms with Crippen LogP contribution in [0.2, 0.25) is 0 Å². The highest BCUT2D eigenvalue weighted by atomic mass is 32.1. The van der Waals surface area contributed by atoms with Crippen LogP contribution in [0, 0.1) is 5.82 Å². The average Bonchev–Trinajstić information content (AvgIpc) is 2.92. The molecular weight excluding hydrogens is 507 g/mol. The van der Waals surface area contributed by atoms with Gasteiger partial charge in [0.25, 0.3) is 5.91 Å². The molecule has 1 N–H and O–H groups in total. The lowest BCUT2D eigenvalue weighted by Gasteiger charge is -2.38. The summed E-state index contributed by atoms with van der Waals surface area (Å²) < 4.78 is 18.8. The fourth-order valence-electron chi connectivity index (χ4n) is 4.14. The monoisotopic (exact) mass is 538 g/mol. The number of thiol groups is 1. The van der Waals surface area contributed by atoms with E-state index in [1.54, 1.807) is 48.4 Å². The summed E-state index contributed by atoms with van der Waals surface area (Å²) in [7, 11) is 0. The summed E-state index contributed by atoms with van der Waals surface area (Å²) in [5, 5.41) is 3.23. The number of ether oxygens (including phenoxy) is 1. The van der Waals surface area contributed by atoms with Crippen LogP contribution in [-0.2, 0) is 25.7 Å². The first-order chi connectivity index (χ1) is 18.4. The molecule has 0 aliphatic carbocycles. The number of aldehydes is 1. The number of carbonyl (C=O) groups excluding carboxylic acids is 3. The zero-order chi connectivity index (χ0) is 27.5. The van der Waals surface area contributed by atoms with Crippen molar-refractivity contribution in [3.63, 3.8) is 0 Å². The number of nitrogens with one attached hydrogen (secondary N) is 1. The average molecular weight is 539 g/mol. The first-order valence-electron chi connectivity index (χ1n) is 12.2. The largest absolute Gasteiger partial charge is 0.466 e. The smallest absolute Gasteiger partial charge is 0.310 e. The van der Waals surface area contributed by atoms with Crippen LogP contribution in [0.25, 0.3) is 5.70 Å². The third kappa shape index (κ3) is 7.55. The molecule has 0 radical (unpaired) electrons. The van der Waals surface area contributed by atoms with Crippen LogP contribution in [0.4, 0.5) is 10.2 Å². The van der Waals surface area contributed by atoms with Gasteiger partial charge < -0.3 is 19.9 Å². The zero-order valence-electron chi connectivity index (χ0n) is 21.2. The van der Waals surface area contributed by atoms with Gasteiger partial charge in [0, 0.05) is 50.1 Å². The molecule has 0 atom stereocenters. The van der Waals surface area contributed by atoms with Crippen LogP contribution >= 0.6 is 12.6 Å². The van der Waals surface area contributed by atoms with Crippen molar-refractivity contribution >= 4 is 42.3 Å². The van der Waals surface area contributed by atoms with Gasteiger partial charge in [0.05, 0.1) is 23.6 Å². The molecule has 200 valence electrons. The van der Waals surface area contributed by atoms with Gasteiger partial charge in [-0.05, 0) is 42.8 Å². The molecule has 1 fully saturated rings. The number of nitrogens with zero attached hydrogens (tertiary/aromatic N) is 3. The maximum atomic E-state index is 13.7. The molecule has 38 heavy (non-hydrogen) atoms. The molecule has 1 aliphatic heterocycles. The SMILES string of the molecule is C=C/C=C(\S)C(=O)N1CCN(/C(=C(/C=O)CC(=O)OCC)c2cccnc2NCc2cccc(F)c2)CC1. The van der Waals surface area contributed by atoms with Gasteiger partial charge in [0.1, 0.15) is 17.9 Å². The predicted octanol–water partition coefficient (Wildman–Crippen LogP) is 3.84. The summed E-state index contributed by atoms with van der Waals surface area (Å²) in [5.74, 6) is -0.601. The number of benzene rings is 1. The van der Waals surface area contributed by atoms with E-state index in [0.29, 0.717) is 56.1 Å². The number of amides is 1. The van der Waals surface area contributed by atoms with Crippen LogP contribution in [0.1, 0.15) is 24.5 Å². The Morgan fingerprint density at radius 2 is 1.92 bits per heavy atom. The number of aromatic nitrogens is 1. The number of carbonyl (C=O) groups is 3. The Bertz CT molecular complexity index is 1240.